The number of nitrogens with zero attached hydrogens (tertiary/aromatic N) is 4. The van der Waals surface area contributed by atoms with Gasteiger partial charge in [-0.2, -0.15) is 0 Å². The monoisotopic (exact) mass is 411 g/mol. The summed E-state index contributed by atoms with van der Waals surface area (Å²) in [5.41, 5.74) is 1.33. The molecule has 29 heavy (non-hydrogen) atoms. The number of thioether (sulfide) groups is 1. The van der Waals surface area contributed by atoms with Crippen molar-refractivity contribution in [3.05, 3.63) is 41.7 Å². The molecule has 0 spiro atoms. The summed E-state index contributed by atoms with van der Waals surface area (Å²) in [6.07, 6.45) is 5.90. The molecule has 2 saturated carbocycles. The van der Waals surface area contributed by atoms with Gasteiger partial charge in [-0.25, -0.2) is 0 Å². The minimum atomic E-state index is -0.160. The number of hydrogen-bond donors (Lipinski definition) is 1. The number of hydrogen-bond acceptors (Lipinski definition) is 5. The molecule has 2 heterocycles. The van der Waals surface area contributed by atoms with Crippen molar-refractivity contribution in [2.45, 2.75) is 74.0 Å². The van der Waals surface area contributed by atoms with Crippen LogP contribution in [0.4, 0.5) is 0 Å². The average Bonchev–Trinajstić information content (AvgIpc) is 3.65. The van der Waals surface area contributed by atoms with Gasteiger partial charge in [0.25, 0.3) is 0 Å². The highest BCUT2D eigenvalue weighted by Gasteiger charge is 2.37. The second kappa shape index (κ2) is 8.11. The summed E-state index contributed by atoms with van der Waals surface area (Å²) in [4.78, 5) is 15.2. The van der Waals surface area contributed by atoms with E-state index in [1.807, 2.05) is 13.0 Å². The van der Waals surface area contributed by atoms with E-state index in [2.05, 4.69) is 49.2 Å². The molecule has 3 aliphatic rings. The van der Waals surface area contributed by atoms with Gasteiger partial charge >= 0.3 is 0 Å². The third-order valence-electron chi connectivity index (χ3n) is 6.06. The van der Waals surface area contributed by atoms with Crippen molar-refractivity contribution < 1.29 is 4.79 Å². The molecule has 1 aliphatic heterocycles. The fourth-order valence-corrected chi connectivity index (χ4v) is 5.07. The highest BCUT2D eigenvalue weighted by Crippen LogP contribution is 2.46. The first-order valence-corrected chi connectivity index (χ1v) is 11.7. The standard InChI is InChI=1S/C22H29N5OS/c1-15(29-22-25-24-20(17-7-8-17)27(22)19-9-10-19)21(28)23-18-11-12-26(14-18)13-16-5-3-2-4-6-16/h2-6,15,17-19H,7-14H2,1H3,(H,23,28). The van der Waals surface area contributed by atoms with Gasteiger partial charge in [0.05, 0.1) is 5.25 Å². The van der Waals surface area contributed by atoms with Crippen LogP contribution < -0.4 is 5.32 Å². The molecule has 0 radical (unpaired) electrons. The first-order chi connectivity index (χ1) is 14.2. The Morgan fingerprint density at radius 1 is 1.17 bits per heavy atom. The predicted octanol–water partition coefficient (Wildman–Crippen LogP) is 3.36. The van der Waals surface area contributed by atoms with Crippen LogP contribution in [0, 0.1) is 0 Å². The van der Waals surface area contributed by atoms with E-state index < -0.39 is 0 Å². The third-order valence-corrected chi connectivity index (χ3v) is 7.12. The number of amides is 1. The molecule has 2 aromatic rings. The lowest BCUT2D eigenvalue weighted by atomic mass is 10.2. The minimum absolute atomic E-state index is 0.111. The van der Waals surface area contributed by atoms with E-state index in [1.54, 1.807) is 11.8 Å². The van der Waals surface area contributed by atoms with E-state index >= 15 is 0 Å². The fraction of sp³-hybridized carbons (Fsp3) is 0.591. The summed E-state index contributed by atoms with van der Waals surface area (Å²) in [6, 6.07) is 11.3. The highest BCUT2D eigenvalue weighted by atomic mass is 32.2. The van der Waals surface area contributed by atoms with Crippen LogP contribution in [0.1, 0.15) is 62.4 Å². The van der Waals surface area contributed by atoms with Gasteiger partial charge in [0.1, 0.15) is 5.82 Å². The van der Waals surface area contributed by atoms with Crippen molar-refractivity contribution in [2.24, 2.45) is 0 Å². The van der Waals surface area contributed by atoms with Crippen LogP contribution in [-0.2, 0) is 11.3 Å². The molecule has 1 saturated heterocycles. The number of benzene rings is 1. The smallest absolute Gasteiger partial charge is 0.233 e. The minimum Gasteiger partial charge on any atom is -0.351 e. The Bertz CT molecular complexity index is 861. The zero-order valence-electron chi connectivity index (χ0n) is 17.0. The molecule has 2 unspecified atom stereocenters. The first-order valence-electron chi connectivity index (χ1n) is 10.9. The van der Waals surface area contributed by atoms with Gasteiger partial charge in [-0.3, -0.25) is 9.69 Å². The first kappa shape index (κ1) is 19.1. The lowest BCUT2D eigenvalue weighted by molar-refractivity contribution is -0.120. The van der Waals surface area contributed by atoms with Crippen molar-refractivity contribution in [3.63, 3.8) is 0 Å². The van der Waals surface area contributed by atoms with Gasteiger partial charge in [-0.05, 0) is 44.6 Å². The zero-order chi connectivity index (χ0) is 19.8. The number of carbonyl (C=O) groups is 1. The van der Waals surface area contributed by atoms with Crippen LogP contribution >= 0.6 is 11.8 Å². The van der Waals surface area contributed by atoms with E-state index in [0.29, 0.717) is 12.0 Å². The van der Waals surface area contributed by atoms with E-state index in [9.17, 15) is 4.79 Å². The molecule has 154 valence electrons. The molecule has 1 amide bonds. The van der Waals surface area contributed by atoms with Crippen LogP contribution in [0.2, 0.25) is 0 Å². The van der Waals surface area contributed by atoms with Crippen LogP contribution in [0.25, 0.3) is 0 Å². The van der Waals surface area contributed by atoms with Gasteiger partial charge in [0.15, 0.2) is 5.16 Å². The molecule has 1 aromatic heterocycles. The second-order valence-corrected chi connectivity index (χ2v) is 10.00. The molecular formula is C22H29N5OS. The zero-order valence-corrected chi connectivity index (χ0v) is 17.8. The number of likely N-dealkylation sites (tertiary alicyclic amines) is 1. The molecular weight excluding hydrogens is 382 g/mol. The normalized spacial score (nSPS) is 23.3. The number of rotatable bonds is 8. The van der Waals surface area contributed by atoms with Crippen LogP contribution in [0.5, 0.6) is 0 Å². The molecule has 3 fully saturated rings. The number of aromatic nitrogens is 3. The van der Waals surface area contributed by atoms with E-state index in [1.165, 1.54) is 31.2 Å². The van der Waals surface area contributed by atoms with E-state index in [-0.39, 0.29) is 17.2 Å². The van der Waals surface area contributed by atoms with E-state index in [4.69, 9.17) is 0 Å². The van der Waals surface area contributed by atoms with Crippen LogP contribution in [-0.4, -0.2) is 50.0 Å². The summed E-state index contributed by atoms with van der Waals surface area (Å²) in [6.45, 7) is 4.88. The fourth-order valence-electron chi connectivity index (χ4n) is 4.13. The lowest BCUT2D eigenvalue weighted by Gasteiger charge is -2.18. The van der Waals surface area contributed by atoms with Crippen molar-refractivity contribution in [3.8, 4) is 0 Å². The Hall–Kier alpha value is -1.86. The maximum absolute atomic E-state index is 12.8. The van der Waals surface area contributed by atoms with Crippen molar-refractivity contribution >= 4 is 17.7 Å². The molecule has 0 bridgehead atoms. The lowest BCUT2D eigenvalue weighted by Crippen LogP contribution is -2.40. The topological polar surface area (TPSA) is 63.1 Å². The average molecular weight is 412 g/mol. The molecule has 1 N–H and O–H groups in total. The van der Waals surface area contributed by atoms with Gasteiger partial charge < -0.3 is 9.88 Å². The van der Waals surface area contributed by atoms with E-state index in [0.717, 1.165) is 37.0 Å². The summed E-state index contributed by atoms with van der Waals surface area (Å²) < 4.78 is 2.32. The van der Waals surface area contributed by atoms with Gasteiger partial charge in [0.2, 0.25) is 5.91 Å². The third kappa shape index (κ3) is 4.51. The summed E-state index contributed by atoms with van der Waals surface area (Å²) in [5, 5.41) is 12.9. The molecule has 2 atom stereocenters. The second-order valence-electron chi connectivity index (χ2n) is 8.69. The SMILES string of the molecule is CC(Sc1nnc(C2CC2)n1C1CC1)C(=O)NC1CCN(Cc2ccccc2)C1. The maximum atomic E-state index is 12.8. The Kier molecular flexibility index (Phi) is 5.35. The molecule has 6 nitrogen and oxygen atoms in total. The maximum Gasteiger partial charge on any atom is 0.233 e. The van der Waals surface area contributed by atoms with Gasteiger partial charge in [-0.1, -0.05) is 42.1 Å². The largest absolute Gasteiger partial charge is 0.351 e. The molecule has 1 aromatic carbocycles. The van der Waals surface area contributed by atoms with Crippen molar-refractivity contribution in [1.29, 1.82) is 0 Å². The number of carbonyl (C=O) groups excluding carboxylic acids is 1. The summed E-state index contributed by atoms with van der Waals surface area (Å²) in [7, 11) is 0. The van der Waals surface area contributed by atoms with Crippen LogP contribution in [0.15, 0.2) is 35.5 Å². The predicted molar refractivity (Wildman–Crippen MR) is 114 cm³/mol. The Morgan fingerprint density at radius 2 is 1.97 bits per heavy atom. The summed E-state index contributed by atoms with van der Waals surface area (Å²) in [5.74, 6) is 1.85. The molecule has 5 rings (SSSR count). The quantitative estimate of drug-likeness (QED) is 0.675. The Morgan fingerprint density at radius 3 is 2.69 bits per heavy atom. The Labute approximate surface area is 176 Å². The molecule has 7 heteroatoms. The van der Waals surface area contributed by atoms with Gasteiger partial charge in [0, 0.05) is 37.6 Å². The van der Waals surface area contributed by atoms with Crippen molar-refractivity contribution in [2.75, 3.05) is 13.1 Å². The highest BCUT2D eigenvalue weighted by molar-refractivity contribution is 8.00. The van der Waals surface area contributed by atoms with Gasteiger partial charge in [-0.15, -0.1) is 10.2 Å². The number of nitrogens with one attached hydrogen (secondary N) is 1. The molecule has 2 aliphatic carbocycles. The Balaban J connectivity index is 1.15. The van der Waals surface area contributed by atoms with Crippen LogP contribution in [0.3, 0.4) is 0 Å². The summed E-state index contributed by atoms with van der Waals surface area (Å²) >= 11 is 1.56. The van der Waals surface area contributed by atoms with Crippen molar-refractivity contribution in [1.82, 2.24) is 25.0 Å².